The van der Waals surface area contributed by atoms with Gasteiger partial charge < -0.3 is 25.3 Å². The number of nitrogens with zero attached hydrogens (tertiary/aromatic N) is 1. The fourth-order valence-corrected chi connectivity index (χ4v) is 3.68. The summed E-state index contributed by atoms with van der Waals surface area (Å²) >= 11 is 0. The molecule has 0 saturated heterocycles. The summed E-state index contributed by atoms with van der Waals surface area (Å²) in [5.41, 5.74) is 9.33. The van der Waals surface area contributed by atoms with Crippen LogP contribution in [0.4, 0.5) is 5.69 Å². The Hall–Kier alpha value is -4.01. The van der Waals surface area contributed by atoms with Gasteiger partial charge in [0.1, 0.15) is 23.9 Å². The van der Waals surface area contributed by atoms with Crippen LogP contribution in [0.1, 0.15) is 18.2 Å². The Kier molecular flexibility index (Phi) is 6.21. The first-order valence-electron chi connectivity index (χ1n) is 10.6. The molecule has 2 amide bonds. The Balaban J connectivity index is 1.57. The van der Waals surface area contributed by atoms with Crippen LogP contribution in [0.15, 0.2) is 42.6 Å². The summed E-state index contributed by atoms with van der Waals surface area (Å²) in [6.45, 7) is 3.72. The Morgan fingerprint density at radius 1 is 1.27 bits per heavy atom. The number of rotatable bonds is 7. The van der Waals surface area contributed by atoms with Crippen molar-refractivity contribution in [3.05, 3.63) is 53.9 Å². The number of fused-ring (bicyclic) bond motifs is 1. The Bertz CT molecular complexity index is 1190. The number of hydrogen-bond acceptors (Lipinski definition) is 6. The Morgan fingerprint density at radius 2 is 2.09 bits per heavy atom. The number of primary amides is 1. The van der Waals surface area contributed by atoms with Gasteiger partial charge in [0.25, 0.3) is 5.91 Å². The van der Waals surface area contributed by atoms with Crippen molar-refractivity contribution in [1.82, 2.24) is 10.2 Å². The molecule has 172 valence electrons. The molecule has 2 atom stereocenters. The molecule has 0 spiro atoms. The third-order valence-electron chi connectivity index (χ3n) is 5.63. The van der Waals surface area contributed by atoms with Gasteiger partial charge in [-0.15, -0.1) is 0 Å². The van der Waals surface area contributed by atoms with Crippen LogP contribution in [0.25, 0.3) is 11.1 Å². The molecule has 0 unspecified atom stereocenters. The van der Waals surface area contributed by atoms with Gasteiger partial charge in [0, 0.05) is 11.3 Å². The first-order valence-corrected chi connectivity index (χ1v) is 10.6. The number of nitrogens with one attached hydrogen (secondary N) is 2. The number of methoxy groups -OCH3 is 1. The van der Waals surface area contributed by atoms with E-state index in [0.717, 1.165) is 28.1 Å². The van der Waals surface area contributed by atoms with Crippen LogP contribution >= 0.6 is 0 Å². The lowest BCUT2D eigenvalue weighted by molar-refractivity contribution is -0.124. The number of H-pyrrole nitrogens is 1. The number of benzene rings is 2. The van der Waals surface area contributed by atoms with E-state index in [-0.39, 0.29) is 12.5 Å². The van der Waals surface area contributed by atoms with E-state index in [2.05, 4.69) is 15.5 Å². The SMILES string of the molecule is COc1ccc2c(c1)C[C@H](C(=O)Nc1ccc(-c3cn[nH]c3C)cc1O[C@@H](C)C(N)=O)CO2. The molecule has 2 aromatic carbocycles. The van der Waals surface area contributed by atoms with Crippen molar-refractivity contribution in [3.8, 4) is 28.4 Å². The lowest BCUT2D eigenvalue weighted by atomic mass is 9.95. The summed E-state index contributed by atoms with van der Waals surface area (Å²) in [6.07, 6.45) is 1.34. The fraction of sp³-hybridized carbons (Fsp3) is 0.292. The maximum Gasteiger partial charge on any atom is 0.258 e. The van der Waals surface area contributed by atoms with Crippen molar-refractivity contribution >= 4 is 17.5 Å². The zero-order valence-electron chi connectivity index (χ0n) is 18.7. The second-order valence-electron chi connectivity index (χ2n) is 7.96. The number of ether oxygens (including phenoxy) is 3. The normalized spacial score (nSPS) is 15.7. The third-order valence-corrected chi connectivity index (χ3v) is 5.63. The van der Waals surface area contributed by atoms with Gasteiger partial charge in [-0.1, -0.05) is 6.07 Å². The molecular formula is C24H26N4O5. The number of amides is 2. The number of hydrogen-bond donors (Lipinski definition) is 3. The van der Waals surface area contributed by atoms with Crippen LogP contribution in [0.5, 0.6) is 17.2 Å². The van der Waals surface area contributed by atoms with Crippen LogP contribution in [0.2, 0.25) is 0 Å². The minimum absolute atomic E-state index is 0.215. The lowest BCUT2D eigenvalue weighted by Crippen LogP contribution is -2.33. The maximum atomic E-state index is 13.1. The molecule has 4 rings (SSSR count). The van der Waals surface area contributed by atoms with Crippen LogP contribution in [0.3, 0.4) is 0 Å². The average Bonchev–Trinajstić information content (AvgIpc) is 3.25. The second-order valence-corrected chi connectivity index (χ2v) is 7.96. The molecule has 3 aromatic rings. The van der Waals surface area contributed by atoms with E-state index >= 15 is 0 Å². The standard InChI is InChI=1S/C24H26N4O5/c1-13-19(11-26-28-13)15-4-6-20(22(10-15)33-14(2)23(25)29)27-24(30)17-8-16-9-18(31-3)5-7-21(16)32-12-17/h4-7,9-11,14,17H,8,12H2,1-3H3,(H2,25,29)(H,26,28)(H,27,30)/t14-,17-/m0/s1. The number of carbonyl (C=O) groups is 2. The van der Waals surface area contributed by atoms with E-state index in [9.17, 15) is 9.59 Å². The molecule has 0 bridgehead atoms. The van der Waals surface area contributed by atoms with Gasteiger partial charge in [-0.2, -0.15) is 5.10 Å². The number of anilines is 1. The number of aromatic amines is 1. The van der Waals surface area contributed by atoms with Crippen molar-refractivity contribution in [2.45, 2.75) is 26.4 Å². The molecule has 9 heteroatoms. The van der Waals surface area contributed by atoms with E-state index < -0.39 is 17.9 Å². The second kappa shape index (κ2) is 9.23. The van der Waals surface area contributed by atoms with Gasteiger partial charge in [0.2, 0.25) is 5.91 Å². The largest absolute Gasteiger partial charge is 0.497 e. The quantitative estimate of drug-likeness (QED) is 0.508. The molecule has 0 radical (unpaired) electrons. The lowest BCUT2D eigenvalue weighted by Gasteiger charge is -2.25. The summed E-state index contributed by atoms with van der Waals surface area (Å²) in [6, 6.07) is 10.9. The van der Waals surface area contributed by atoms with E-state index in [1.54, 1.807) is 32.4 Å². The molecule has 0 aliphatic carbocycles. The van der Waals surface area contributed by atoms with E-state index in [4.69, 9.17) is 19.9 Å². The summed E-state index contributed by atoms with van der Waals surface area (Å²) in [5, 5.41) is 9.86. The monoisotopic (exact) mass is 450 g/mol. The number of aryl methyl sites for hydroxylation is 1. The highest BCUT2D eigenvalue weighted by atomic mass is 16.5. The summed E-state index contributed by atoms with van der Waals surface area (Å²) in [4.78, 5) is 24.7. The molecule has 2 heterocycles. The average molecular weight is 450 g/mol. The first kappa shape index (κ1) is 22.2. The summed E-state index contributed by atoms with van der Waals surface area (Å²) in [5.74, 6) is 0.572. The van der Waals surface area contributed by atoms with Gasteiger partial charge in [-0.05, 0) is 61.7 Å². The zero-order chi connectivity index (χ0) is 23.5. The van der Waals surface area contributed by atoms with Gasteiger partial charge in [-0.3, -0.25) is 14.7 Å². The van der Waals surface area contributed by atoms with E-state index in [1.165, 1.54) is 0 Å². The number of carbonyl (C=O) groups excluding carboxylic acids is 2. The minimum Gasteiger partial charge on any atom is -0.497 e. The maximum absolute atomic E-state index is 13.1. The number of aromatic nitrogens is 2. The summed E-state index contributed by atoms with van der Waals surface area (Å²) < 4.78 is 16.9. The van der Waals surface area contributed by atoms with Gasteiger partial charge in [-0.25, -0.2) is 0 Å². The molecule has 9 nitrogen and oxygen atoms in total. The van der Waals surface area contributed by atoms with Crippen molar-refractivity contribution in [2.24, 2.45) is 11.7 Å². The highest BCUT2D eigenvalue weighted by molar-refractivity contribution is 5.95. The Labute approximate surface area is 191 Å². The third kappa shape index (κ3) is 4.77. The van der Waals surface area contributed by atoms with Crippen LogP contribution < -0.4 is 25.3 Å². The molecule has 1 aliphatic rings. The van der Waals surface area contributed by atoms with Gasteiger partial charge in [0.15, 0.2) is 6.10 Å². The number of nitrogens with two attached hydrogens (primary N) is 1. The molecule has 33 heavy (non-hydrogen) atoms. The molecule has 4 N–H and O–H groups in total. The summed E-state index contributed by atoms with van der Waals surface area (Å²) in [7, 11) is 1.60. The predicted molar refractivity (Wildman–Crippen MR) is 122 cm³/mol. The van der Waals surface area contributed by atoms with Crippen LogP contribution in [-0.2, 0) is 16.0 Å². The topological polar surface area (TPSA) is 129 Å². The van der Waals surface area contributed by atoms with Crippen molar-refractivity contribution in [3.63, 3.8) is 0 Å². The van der Waals surface area contributed by atoms with E-state index in [0.29, 0.717) is 23.6 Å². The fourth-order valence-electron chi connectivity index (χ4n) is 3.68. The van der Waals surface area contributed by atoms with Gasteiger partial charge >= 0.3 is 0 Å². The van der Waals surface area contributed by atoms with Crippen molar-refractivity contribution in [1.29, 1.82) is 0 Å². The molecule has 0 fully saturated rings. The van der Waals surface area contributed by atoms with Crippen LogP contribution in [0, 0.1) is 12.8 Å². The van der Waals surface area contributed by atoms with Crippen molar-refractivity contribution < 1.29 is 23.8 Å². The van der Waals surface area contributed by atoms with E-state index in [1.807, 2.05) is 31.2 Å². The minimum atomic E-state index is -0.876. The highest BCUT2D eigenvalue weighted by Gasteiger charge is 2.27. The molecule has 1 aliphatic heterocycles. The predicted octanol–water partition coefficient (Wildman–Crippen LogP) is 2.84. The van der Waals surface area contributed by atoms with Gasteiger partial charge in [0.05, 0.1) is 24.9 Å². The highest BCUT2D eigenvalue weighted by Crippen LogP contribution is 2.34. The first-order chi connectivity index (χ1) is 15.9. The van der Waals surface area contributed by atoms with Crippen LogP contribution in [-0.4, -0.2) is 41.8 Å². The zero-order valence-corrected chi connectivity index (χ0v) is 18.7. The smallest absolute Gasteiger partial charge is 0.258 e. The molecule has 0 saturated carbocycles. The Morgan fingerprint density at radius 3 is 2.79 bits per heavy atom. The molecular weight excluding hydrogens is 424 g/mol. The van der Waals surface area contributed by atoms with Crippen molar-refractivity contribution in [2.75, 3.05) is 19.0 Å². The molecule has 1 aromatic heterocycles.